The summed E-state index contributed by atoms with van der Waals surface area (Å²) in [6, 6.07) is 10.4. The molecule has 1 aromatic rings. The van der Waals surface area contributed by atoms with Gasteiger partial charge in [-0.2, -0.15) is 0 Å². The molecular formula is C18H28N3+. The van der Waals surface area contributed by atoms with E-state index in [0.717, 1.165) is 25.7 Å². The maximum atomic E-state index is 2.64. The highest BCUT2D eigenvalue weighted by molar-refractivity contribution is 5.83. The SMILES string of the molecule is CC1=[N+](C2CN(C(C)C)C2)CCN(c2ccc(C)cc2)C1. The van der Waals surface area contributed by atoms with Crippen molar-refractivity contribution in [3.05, 3.63) is 29.8 Å². The van der Waals surface area contributed by atoms with Gasteiger partial charge in [0.25, 0.3) is 0 Å². The number of hydrogen-bond donors (Lipinski definition) is 0. The van der Waals surface area contributed by atoms with Crippen molar-refractivity contribution in [2.45, 2.75) is 39.8 Å². The van der Waals surface area contributed by atoms with Gasteiger partial charge in [0.2, 0.25) is 0 Å². The van der Waals surface area contributed by atoms with Crippen molar-refractivity contribution < 1.29 is 4.58 Å². The van der Waals surface area contributed by atoms with E-state index in [1.807, 2.05) is 0 Å². The molecule has 0 spiro atoms. The van der Waals surface area contributed by atoms with Crippen LogP contribution in [0.15, 0.2) is 24.3 Å². The first-order valence-corrected chi connectivity index (χ1v) is 8.19. The van der Waals surface area contributed by atoms with Crippen LogP contribution in [0.25, 0.3) is 0 Å². The topological polar surface area (TPSA) is 9.49 Å². The smallest absolute Gasteiger partial charge is 0.177 e. The fraction of sp³-hybridized carbons (Fsp3) is 0.611. The Balaban J connectivity index is 1.65. The normalized spacial score (nSPS) is 21.1. The van der Waals surface area contributed by atoms with Crippen molar-refractivity contribution >= 4 is 11.4 Å². The van der Waals surface area contributed by atoms with E-state index in [4.69, 9.17) is 0 Å². The van der Waals surface area contributed by atoms with Gasteiger partial charge >= 0.3 is 0 Å². The molecule has 0 aromatic heterocycles. The molecule has 0 bridgehead atoms. The Labute approximate surface area is 128 Å². The summed E-state index contributed by atoms with van der Waals surface area (Å²) in [6.45, 7) is 14.9. The molecule has 0 amide bonds. The van der Waals surface area contributed by atoms with Crippen LogP contribution >= 0.6 is 0 Å². The molecule has 0 atom stereocenters. The summed E-state index contributed by atoms with van der Waals surface area (Å²) in [7, 11) is 0. The summed E-state index contributed by atoms with van der Waals surface area (Å²) >= 11 is 0. The highest BCUT2D eigenvalue weighted by Crippen LogP contribution is 2.20. The Morgan fingerprint density at radius 1 is 1.10 bits per heavy atom. The maximum absolute atomic E-state index is 2.64. The van der Waals surface area contributed by atoms with Gasteiger partial charge < -0.3 is 4.90 Å². The quantitative estimate of drug-likeness (QED) is 0.789. The molecule has 114 valence electrons. The highest BCUT2D eigenvalue weighted by Gasteiger charge is 2.39. The summed E-state index contributed by atoms with van der Waals surface area (Å²) in [5.41, 5.74) is 4.22. The van der Waals surface area contributed by atoms with Gasteiger partial charge in [-0.05, 0) is 32.9 Å². The van der Waals surface area contributed by atoms with Crippen molar-refractivity contribution in [2.24, 2.45) is 0 Å². The van der Waals surface area contributed by atoms with Gasteiger partial charge in [-0.1, -0.05) is 17.7 Å². The van der Waals surface area contributed by atoms with Gasteiger partial charge in [0, 0.05) is 18.7 Å². The zero-order valence-electron chi connectivity index (χ0n) is 13.8. The van der Waals surface area contributed by atoms with E-state index < -0.39 is 0 Å². The third-order valence-electron chi connectivity index (χ3n) is 4.98. The predicted molar refractivity (Wildman–Crippen MR) is 89.7 cm³/mol. The number of nitrogens with zero attached hydrogens (tertiary/aromatic N) is 3. The van der Waals surface area contributed by atoms with Crippen LogP contribution in [0.5, 0.6) is 0 Å². The largest absolute Gasteiger partial charge is 0.355 e. The number of benzene rings is 1. The minimum Gasteiger partial charge on any atom is -0.355 e. The molecule has 1 fully saturated rings. The van der Waals surface area contributed by atoms with Gasteiger partial charge in [-0.15, -0.1) is 0 Å². The van der Waals surface area contributed by atoms with E-state index in [-0.39, 0.29) is 0 Å². The monoisotopic (exact) mass is 286 g/mol. The summed E-state index contributed by atoms with van der Waals surface area (Å²) in [5.74, 6) is 0. The van der Waals surface area contributed by atoms with E-state index in [2.05, 4.69) is 66.3 Å². The van der Waals surface area contributed by atoms with Crippen LogP contribution in [0.2, 0.25) is 0 Å². The Morgan fingerprint density at radius 2 is 1.76 bits per heavy atom. The number of anilines is 1. The van der Waals surface area contributed by atoms with Gasteiger partial charge in [0.15, 0.2) is 18.3 Å². The van der Waals surface area contributed by atoms with Gasteiger partial charge in [0.05, 0.1) is 26.2 Å². The second-order valence-electron chi connectivity index (χ2n) is 6.89. The molecule has 3 nitrogen and oxygen atoms in total. The van der Waals surface area contributed by atoms with Crippen molar-refractivity contribution in [3.63, 3.8) is 0 Å². The van der Waals surface area contributed by atoms with Gasteiger partial charge in [0.1, 0.15) is 0 Å². The first-order valence-electron chi connectivity index (χ1n) is 8.19. The Kier molecular flexibility index (Phi) is 4.03. The third-order valence-corrected chi connectivity index (χ3v) is 4.98. The molecule has 2 aliphatic heterocycles. The fourth-order valence-electron chi connectivity index (χ4n) is 3.44. The first kappa shape index (κ1) is 14.6. The third kappa shape index (κ3) is 2.98. The summed E-state index contributed by atoms with van der Waals surface area (Å²) in [4.78, 5) is 5.06. The van der Waals surface area contributed by atoms with Crippen LogP contribution in [0.1, 0.15) is 26.3 Å². The van der Waals surface area contributed by atoms with Crippen LogP contribution in [-0.2, 0) is 0 Å². The van der Waals surface area contributed by atoms with Crippen molar-refractivity contribution in [2.75, 3.05) is 37.6 Å². The van der Waals surface area contributed by atoms with E-state index >= 15 is 0 Å². The Bertz CT molecular complexity index is 524. The number of hydrogen-bond acceptors (Lipinski definition) is 2. The van der Waals surface area contributed by atoms with E-state index in [9.17, 15) is 0 Å². The minimum atomic E-state index is 0.690. The lowest BCUT2D eigenvalue weighted by Gasteiger charge is -2.41. The molecule has 2 aliphatic rings. The molecule has 0 N–H and O–H groups in total. The Morgan fingerprint density at radius 3 is 2.33 bits per heavy atom. The number of likely N-dealkylation sites (tertiary alicyclic amines) is 1. The molecule has 0 saturated carbocycles. The van der Waals surface area contributed by atoms with Crippen LogP contribution in [0.3, 0.4) is 0 Å². The number of aryl methyl sites for hydroxylation is 1. The molecule has 1 saturated heterocycles. The fourth-order valence-corrected chi connectivity index (χ4v) is 3.44. The zero-order chi connectivity index (χ0) is 15.0. The second-order valence-corrected chi connectivity index (χ2v) is 6.89. The summed E-state index contributed by atoms with van der Waals surface area (Å²) in [5, 5.41) is 0. The average molecular weight is 286 g/mol. The summed E-state index contributed by atoms with van der Waals surface area (Å²) < 4.78 is 2.64. The van der Waals surface area contributed by atoms with Gasteiger partial charge in [-0.3, -0.25) is 4.90 Å². The predicted octanol–water partition coefficient (Wildman–Crippen LogP) is 2.38. The lowest BCUT2D eigenvalue weighted by atomic mass is 10.0. The molecule has 0 aliphatic carbocycles. The zero-order valence-corrected chi connectivity index (χ0v) is 13.8. The van der Waals surface area contributed by atoms with Crippen LogP contribution in [0, 0.1) is 6.92 Å². The van der Waals surface area contributed by atoms with Crippen molar-refractivity contribution in [1.29, 1.82) is 0 Å². The second kappa shape index (κ2) is 5.80. The molecule has 0 unspecified atom stereocenters. The molecule has 2 heterocycles. The molecule has 3 rings (SSSR count). The minimum absolute atomic E-state index is 0.690. The van der Waals surface area contributed by atoms with Crippen LogP contribution in [0.4, 0.5) is 5.69 Å². The molecule has 21 heavy (non-hydrogen) atoms. The molecule has 1 aromatic carbocycles. The van der Waals surface area contributed by atoms with E-state index in [0.29, 0.717) is 6.04 Å². The molecule has 3 heteroatoms. The standard InChI is InChI=1S/C18H28N3/c1-14(2)20-12-18(13-20)21-10-9-19(11-16(21)4)17-7-5-15(3)6-8-17/h5-8,14,18H,9-13H2,1-4H3/q+1. The average Bonchev–Trinajstić information content (AvgIpc) is 2.39. The number of rotatable bonds is 3. The highest BCUT2D eigenvalue weighted by atomic mass is 15.3. The molecular weight excluding hydrogens is 258 g/mol. The van der Waals surface area contributed by atoms with Crippen LogP contribution < -0.4 is 4.90 Å². The van der Waals surface area contributed by atoms with Crippen LogP contribution in [-0.4, -0.2) is 60.0 Å². The van der Waals surface area contributed by atoms with Crippen molar-refractivity contribution in [3.8, 4) is 0 Å². The maximum Gasteiger partial charge on any atom is 0.177 e. The Hall–Kier alpha value is -1.35. The van der Waals surface area contributed by atoms with E-state index in [1.165, 1.54) is 30.1 Å². The van der Waals surface area contributed by atoms with Gasteiger partial charge in [-0.25, -0.2) is 4.58 Å². The molecule has 0 radical (unpaired) electrons. The lowest BCUT2D eigenvalue weighted by molar-refractivity contribution is -0.582. The van der Waals surface area contributed by atoms with E-state index in [1.54, 1.807) is 0 Å². The summed E-state index contributed by atoms with van der Waals surface area (Å²) in [6.07, 6.45) is 0. The first-order chi connectivity index (χ1) is 10.0. The van der Waals surface area contributed by atoms with Crippen molar-refractivity contribution in [1.82, 2.24) is 4.90 Å². The lowest BCUT2D eigenvalue weighted by Crippen LogP contribution is -2.62.